The average molecular weight is 361 g/mol. The fourth-order valence-corrected chi connectivity index (χ4v) is 3.27. The number of hydrogen-bond acceptors (Lipinski definition) is 5. The van der Waals surface area contributed by atoms with Crippen LogP contribution in [0, 0.1) is 0 Å². The van der Waals surface area contributed by atoms with Crippen molar-refractivity contribution in [3.8, 4) is 0 Å². The molecule has 0 saturated carbocycles. The minimum atomic E-state index is -0.223. The molecule has 1 aliphatic heterocycles. The van der Waals surface area contributed by atoms with Gasteiger partial charge in [0.1, 0.15) is 0 Å². The van der Waals surface area contributed by atoms with Crippen LogP contribution in [0.5, 0.6) is 0 Å². The van der Waals surface area contributed by atoms with Gasteiger partial charge in [-0.25, -0.2) is 4.98 Å². The first kappa shape index (κ1) is 14.0. The van der Waals surface area contributed by atoms with Gasteiger partial charge < -0.3 is 14.6 Å². The lowest BCUT2D eigenvalue weighted by Crippen LogP contribution is -2.36. The lowest BCUT2D eigenvalue weighted by Gasteiger charge is -2.30. The van der Waals surface area contributed by atoms with Gasteiger partial charge in [0.25, 0.3) is 0 Å². The Morgan fingerprint density at radius 1 is 1.30 bits per heavy atom. The number of aliphatic hydroxyl groups is 1. The van der Waals surface area contributed by atoms with Gasteiger partial charge in [0.2, 0.25) is 5.28 Å². The number of aryl methyl sites for hydroxylation is 1. The van der Waals surface area contributed by atoms with Gasteiger partial charge >= 0.3 is 0 Å². The first-order chi connectivity index (χ1) is 9.60. The van der Waals surface area contributed by atoms with Crippen molar-refractivity contribution in [1.29, 1.82) is 0 Å². The Kier molecular flexibility index (Phi) is 3.83. The second-order valence-electron chi connectivity index (χ2n) is 4.83. The van der Waals surface area contributed by atoms with Crippen molar-refractivity contribution in [1.82, 2.24) is 19.5 Å². The third-order valence-corrected chi connectivity index (χ3v) is 4.36. The summed E-state index contributed by atoms with van der Waals surface area (Å²) in [4.78, 5) is 15.3. The van der Waals surface area contributed by atoms with Crippen molar-refractivity contribution < 1.29 is 5.11 Å². The lowest BCUT2D eigenvalue weighted by molar-refractivity contribution is 0.145. The summed E-state index contributed by atoms with van der Waals surface area (Å²) in [6.45, 7) is 4.28. The monoisotopic (exact) mass is 359 g/mol. The van der Waals surface area contributed by atoms with E-state index in [0.29, 0.717) is 0 Å². The smallest absolute Gasteiger partial charge is 0.226 e. The van der Waals surface area contributed by atoms with E-state index in [4.69, 9.17) is 11.6 Å². The molecule has 1 fully saturated rings. The average Bonchev–Trinajstić information content (AvgIpc) is 2.74. The van der Waals surface area contributed by atoms with Gasteiger partial charge in [-0.1, -0.05) is 0 Å². The first-order valence-electron chi connectivity index (χ1n) is 6.62. The van der Waals surface area contributed by atoms with Gasteiger partial charge in [0.15, 0.2) is 21.7 Å². The highest BCUT2D eigenvalue weighted by Gasteiger charge is 2.23. The third-order valence-electron chi connectivity index (χ3n) is 3.58. The number of fused-ring (bicyclic) bond motifs is 1. The Morgan fingerprint density at radius 3 is 2.65 bits per heavy atom. The molecule has 0 bridgehead atoms. The molecule has 20 heavy (non-hydrogen) atoms. The first-order valence-corrected chi connectivity index (χ1v) is 7.79. The second-order valence-corrected chi connectivity index (χ2v) is 5.88. The fraction of sp³-hybridized carbons (Fsp3) is 0.583. The number of piperidine rings is 1. The van der Waals surface area contributed by atoms with E-state index in [9.17, 15) is 5.11 Å². The summed E-state index contributed by atoms with van der Waals surface area (Å²) in [5.41, 5.74) is 1.49. The van der Waals surface area contributed by atoms with E-state index in [1.165, 1.54) is 0 Å². The maximum atomic E-state index is 9.62. The second kappa shape index (κ2) is 5.46. The molecule has 3 rings (SSSR count). The molecule has 1 saturated heterocycles. The van der Waals surface area contributed by atoms with E-state index in [1.54, 1.807) is 0 Å². The van der Waals surface area contributed by atoms with Crippen molar-refractivity contribution in [2.75, 3.05) is 18.0 Å². The highest BCUT2D eigenvalue weighted by molar-refractivity contribution is 9.10. The number of halogens is 2. The quantitative estimate of drug-likeness (QED) is 0.657. The van der Waals surface area contributed by atoms with Crippen molar-refractivity contribution in [3.63, 3.8) is 0 Å². The van der Waals surface area contributed by atoms with Crippen LogP contribution in [0.4, 0.5) is 5.82 Å². The van der Waals surface area contributed by atoms with Crippen LogP contribution in [0.25, 0.3) is 11.2 Å². The summed E-state index contributed by atoms with van der Waals surface area (Å²) >= 11 is 9.50. The standard InChI is InChI=1S/C12H15BrClN5O/c1-2-19-10-8(15-11(19)13)9(16-12(14)17-10)18-5-3-7(20)4-6-18/h7,20H,2-6H2,1H3. The summed E-state index contributed by atoms with van der Waals surface area (Å²) in [6, 6.07) is 0. The molecule has 1 aliphatic rings. The molecular weight excluding hydrogens is 346 g/mol. The molecule has 2 aromatic rings. The van der Waals surface area contributed by atoms with E-state index in [1.807, 2.05) is 11.5 Å². The molecule has 8 heteroatoms. The SMILES string of the molecule is CCn1c(Br)nc2c(N3CCC(O)CC3)nc(Cl)nc21. The zero-order chi connectivity index (χ0) is 14.3. The van der Waals surface area contributed by atoms with Crippen molar-refractivity contribution >= 4 is 44.5 Å². The minimum absolute atomic E-state index is 0.223. The van der Waals surface area contributed by atoms with Gasteiger partial charge in [-0.2, -0.15) is 9.97 Å². The van der Waals surface area contributed by atoms with E-state index in [-0.39, 0.29) is 11.4 Å². The molecule has 0 unspecified atom stereocenters. The van der Waals surface area contributed by atoms with Crippen LogP contribution < -0.4 is 4.90 Å². The van der Waals surface area contributed by atoms with Crippen molar-refractivity contribution in [2.45, 2.75) is 32.4 Å². The molecular formula is C12H15BrClN5O. The highest BCUT2D eigenvalue weighted by Crippen LogP contribution is 2.29. The zero-order valence-electron chi connectivity index (χ0n) is 11.1. The molecule has 3 heterocycles. The van der Waals surface area contributed by atoms with Crippen LogP contribution in [0.2, 0.25) is 5.28 Å². The Balaban J connectivity index is 2.10. The summed E-state index contributed by atoms with van der Waals surface area (Å²) in [5.74, 6) is 0.750. The van der Waals surface area contributed by atoms with Gasteiger partial charge in [-0.3, -0.25) is 0 Å². The molecule has 0 spiro atoms. The number of rotatable bonds is 2. The van der Waals surface area contributed by atoms with Gasteiger partial charge in [-0.15, -0.1) is 0 Å². The Bertz CT molecular complexity index is 638. The van der Waals surface area contributed by atoms with Crippen LogP contribution in [0.1, 0.15) is 19.8 Å². The van der Waals surface area contributed by atoms with E-state index in [0.717, 1.165) is 54.2 Å². The third kappa shape index (κ3) is 2.38. The van der Waals surface area contributed by atoms with Crippen LogP contribution in [0.3, 0.4) is 0 Å². The molecule has 1 N–H and O–H groups in total. The fourth-order valence-electron chi connectivity index (χ4n) is 2.51. The highest BCUT2D eigenvalue weighted by atomic mass is 79.9. The van der Waals surface area contributed by atoms with Crippen molar-refractivity contribution in [2.24, 2.45) is 0 Å². The number of imidazole rings is 1. The van der Waals surface area contributed by atoms with Gasteiger partial charge in [0.05, 0.1) is 6.10 Å². The summed E-state index contributed by atoms with van der Waals surface area (Å²) in [6.07, 6.45) is 1.25. The summed E-state index contributed by atoms with van der Waals surface area (Å²) in [5, 5.41) is 9.84. The number of nitrogens with zero attached hydrogens (tertiary/aromatic N) is 5. The predicted molar refractivity (Wildman–Crippen MR) is 81.2 cm³/mol. The van der Waals surface area contributed by atoms with Crippen LogP contribution in [0.15, 0.2) is 4.73 Å². The number of hydrogen-bond donors (Lipinski definition) is 1. The lowest BCUT2D eigenvalue weighted by atomic mass is 10.1. The Labute approximate surface area is 129 Å². The molecule has 0 aliphatic carbocycles. The van der Waals surface area contributed by atoms with Crippen LogP contribution in [-0.4, -0.2) is 43.8 Å². The van der Waals surface area contributed by atoms with E-state index >= 15 is 0 Å². The topological polar surface area (TPSA) is 67.1 Å². The normalized spacial score (nSPS) is 17.1. The maximum Gasteiger partial charge on any atom is 0.226 e. The number of anilines is 1. The van der Waals surface area contributed by atoms with E-state index < -0.39 is 0 Å². The largest absolute Gasteiger partial charge is 0.393 e. The Hall–Kier alpha value is -0.920. The predicted octanol–water partition coefficient (Wildman–Crippen LogP) is 2.22. The maximum absolute atomic E-state index is 9.62. The Morgan fingerprint density at radius 2 is 2.00 bits per heavy atom. The van der Waals surface area contributed by atoms with E-state index in [2.05, 4.69) is 35.8 Å². The van der Waals surface area contributed by atoms with Gasteiger partial charge in [-0.05, 0) is 47.3 Å². The van der Waals surface area contributed by atoms with Crippen LogP contribution in [-0.2, 0) is 6.54 Å². The minimum Gasteiger partial charge on any atom is -0.393 e. The van der Waals surface area contributed by atoms with Crippen LogP contribution >= 0.6 is 27.5 Å². The van der Waals surface area contributed by atoms with Gasteiger partial charge in [0, 0.05) is 19.6 Å². The molecule has 0 radical (unpaired) electrons. The summed E-state index contributed by atoms with van der Waals surface area (Å²) in [7, 11) is 0. The van der Waals surface area contributed by atoms with Crippen molar-refractivity contribution in [3.05, 3.63) is 10.0 Å². The summed E-state index contributed by atoms with van der Waals surface area (Å²) < 4.78 is 2.68. The zero-order valence-corrected chi connectivity index (χ0v) is 13.4. The molecule has 0 amide bonds. The number of aromatic nitrogens is 4. The molecule has 6 nitrogen and oxygen atoms in total. The number of aliphatic hydroxyl groups excluding tert-OH is 1. The molecule has 0 aromatic carbocycles. The molecule has 0 atom stereocenters. The molecule has 2 aromatic heterocycles. The molecule has 108 valence electrons.